The Morgan fingerprint density at radius 1 is 1.21 bits per heavy atom. The normalized spacial score (nSPS) is 10.9. The maximum atomic E-state index is 11.8. The van der Waals surface area contributed by atoms with Gasteiger partial charge in [0.1, 0.15) is 11.4 Å². The summed E-state index contributed by atoms with van der Waals surface area (Å²) in [5, 5.41) is 6.67. The molecule has 0 saturated heterocycles. The molecule has 0 aliphatic carbocycles. The van der Waals surface area contributed by atoms with Gasteiger partial charge in [-0.3, -0.25) is 9.59 Å². The van der Waals surface area contributed by atoms with Gasteiger partial charge in [0.25, 0.3) is 11.5 Å². The second-order valence-electron chi connectivity index (χ2n) is 4.98. The Bertz CT molecular complexity index is 941. The van der Waals surface area contributed by atoms with Crippen LogP contribution < -0.4 is 10.9 Å². The number of amides is 1. The molecule has 1 aromatic carbocycles. The van der Waals surface area contributed by atoms with Crippen molar-refractivity contribution < 1.29 is 4.79 Å². The van der Waals surface area contributed by atoms with Crippen LogP contribution in [0.5, 0.6) is 0 Å². The lowest BCUT2D eigenvalue weighted by atomic mass is 10.3. The number of carbonyl (C=O) groups excluding carboxylic acids is 1. The average molecular weight is 321 g/mol. The molecule has 0 radical (unpaired) electrons. The van der Waals surface area contributed by atoms with Crippen LogP contribution in [0.1, 0.15) is 21.7 Å². The smallest absolute Gasteiger partial charge is 0.263 e. The molecule has 0 unspecified atom stereocenters. The molecule has 0 atom stereocenters. The summed E-state index contributed by atoms with van der Waals surface area (Å²) >= 11 is 0. The Labute approximate surface area is 137 Å². The number of carbonyl (C=O) groups is 1. The molecule has 0 bridgehead atoms. The first kappa shape index (κ1) is 15.4. The molecule has 0 fully saturated rings. The van der Waals surface area contributed by atoms with Gasteiger partial charge in [-0.05, 0) is 24.3 Å². The van der Waals surface area contributed by atoms with Gasteiger partial charge in [-0.2, -0.15) is 5.10 Å². The van der Waals surface area contributed by atoms with Crippen LogP contribution in [0.25, 0.3) is 17.8 Å². The van der Waals surface area contributed by atoms with E-state index in [-0.39, 0.29) is 5.56 Å². The van der Waals surface area contributed by atoms with E-state index in [1.54, 1.807) is 23.0 Å². The summed E-state index contributed by atoms with van der Waals surface area (Å²) in [7, 11) is 1.46. The van der Waals surface area contributed by atoms with E-state index in [0.717, 1.165) is 11.3 Å². The van der Waals surface area contributed by atoms with E-state index in [4.69, 9.17) is 0 Å². The van der Waals surface area contributed by atoms with E-state index in [2.05, 4.69) is 20.4 Å². The maximum absolute atomic E-state index is 11.8. The second kappa shape index (κ2) is 6.74. The molecule has 24 heavy (non-hydrogen) atoms. The zero-order valence-corrected chi connectivity index (χ0v) is 12.9. The van der Waals surface area contributed by atoms with Crippen LogP contribution >= 0.6 is 0 Å². The van der Waals surface area contributed by atoms with Crippen LogP contribution in [0.4, 0.5) is 0 Å². The summed E-state index contributed by atoms with van der Waals surface area (Å²) in [5.41, 5.74) is 1.31. The quantitative estimate of drug-likeness (QED) is 0.761. The van der Waals surface area contributed by atoms with E-state index in [1.807, 2.05) is 36.5 Å². The van der Waals surface area contributed by atoms with Gasteiger partial charge in [-0.15, -0.1) is 0 Å². The topological polar surface area (TPSA) is 92.7 Å². The molecule has 2 aromatic heterocycles. The molecule has 0 spiro atoms. The lowest BCUT2D eigenvalue weighted by Gasteiger charge is -1.99. The molecule has 7 heteroatoms. The van der Waals surface area contributed by atoms with Gasteiger partial charge in [0.15, 0.2) is 0 Å². The molecule has 0 saturated carbocycles. The molecule has 7 nitrogen and oxygen atoms in total. The number of aromatic amines is 1. The van der Waals surface area contributed by atoms with Crippen LogP contribution in [0, 0.1) is 0 Å². The number of nitrogens with zero attached hydrogens (tertiary/aromatic N) is 3. The maximum Gasteiger partial charge on any atom is 0.263 e. The number of hydrogen-bond acceptors (Lipinski definition) is 4. The highest BCUT2D eigenvalue weighted by molar-refractivity contribution is 5.93. The van der Waals surface area contributed by atoms with Gasteiger partial charge < -0.3 is 10.3 Å². The van der Waals surface area contributed by atoms with Gasteiger partial charge in [-0.25, -0.2) is 9.67 Å². The van der Waals surface area contributed by atoms with Crippen molar-refractivity contribution in [3.8, 4) is 5.69 Å². The SMILES string of the molecule is CNC(=O)c1cnc(/C=C\c2cnn(-c3ccccc3)c2)[nH]c1=O. The number of rotatable bonds is 4. The largest absolute Gasteiger partial charge is 0.355 e. The lowest BCUT2D eigenvalue weighted by molar-refractivity contribution is 0.0961. The minimum atomic E-state index is -0.482. The fourth-order valence-corrected chi connectivity index (χ4v) is 2.11. The van der Waals surface area contributed by atoms with Crippen LogP contribution in [-0.2, 0) is 0 Å². The van der Waals surface area contributed by atoms with Crippen molar-refractivity contribution in [2.45, 2.75) is 0 Å². The van der Waals surface area contributed by atoms with Crippen LogP contribution in [0.2, 0.25) is 0 Å². The predicted molar refractivity (Wildman–Crippen MR) is 90.7 cm³/mol. The summed E-state index contributed by atoms with van der Waals surface area (Å²) in [6, 6.07) is 9.73. The van der Waals surface area contributed by atoms with E-state index in [0.29, 0.717) is 5.82 Å². The Kier molecular flexibility index (Phi) is 4.33. The van der Waals surface area contributed by atoms with E-state index < -0.39 is 11.5 Å². The molecule has 2 N–H and O–H groups in total. The Morgan fingerprint density at radius 2 is 2.00 bits per heavy atom. The van der Waals surface area contributed by atoms with Crippen molar-refractivity contribution in [1.29, 1.82) is 0 Å². The minimum Gasteiger partial charge on any atom is -0.355 e. The third kappa shape index (κ3) is 3.30. The molecular formula is C17H15N5O2. The van der Waals surface area contributed by atoms with E-state index >= 15 is 0 Å². The van der Waals surface area contributed by atoms with Gasteiger partial charge in [0, 0.05) is 25.0 Å². The molecule has 0 aliphatic heterocycles. The number of para-hydroxylation sites is 1. The second-order valence-corrected chi connectivity index (χ2v) is 4.98. The first-order chi connectivity index (χ1) is 11.7. The van der Waals surface area contributed by atoms with E-state index in [1.165, 1.54) is 13.2 Å². The fourth-order valence-electron chi connectivity index (χ4n) is 2.11. The summed E-state index contributed by atoms with van der Waals surface area (Å²) in [5.74, 6) is -0.108. The van der Waals surface area contributed by atoms with Crippen LogP contribution in [0.15, 0.2) is 53.7 Å². The van der Waals surface area contributed by atoms with E-state index in [9.17, 15) is 9.59 Å². The predicted octanol–water partition coefficient (Wildman–Crippen LogP) is 1.49. The number of hydrogen-bond donors (Lipinski definition) is 2. The number of H-pyrrole nitrogens is 1. The lowest BCUT2D eigenvalue weighted by Crippen LogP contribution is -2.27. The molecule has 0 aliphatic rings. The number of benzene rings is 1. The molecular weight excluding hydrogens is 306 g/mol. The summed E-state index contributed by atoms with van der Waals surface area (Å²) < 4.78 is 1.75. The molecule has 2 heterocycles. The highest BCUT2D eigenvalue weighted by Crippen LogP contribution is 2.09. The molecule has 120 valence electrons. The minimum absolute atomic E-state index is 0.0217. The van der Waals surface area contributed by atoms with Gasteiger partial charge in [0.2, 0.25) is 0 Å². The number of nitrogens with one attached hydrogen (secondary N) is 2. The Balaban J connectivity index is 1.79. The molecule has 3 rings (SSSR count). The van der Waals surface area contributed by atoms with Crippen LogP contribution in [0.3, 0.4) is 0 Å². The summed E-state index contributed by atoms with van der Waals surface area (Å²) in [4.78, 5) is 29.9. The fraction of sp³-hybridized carbons (Fsp3) is 0.0588. The van der Waals surface area contributed by atoms with Crippen molar-refractivity contribution in [3.63, 3.8) is 0 Å². The first-order valence-corrected chi connectivity index (χ1v) is 7.27. The zero-order valence-electron chi connectivity index (χ0n) is 12.9. The highest BCUT2D eigenvalue weighted by Gasteiger charge is 2.08. The first-order valence-electron chi connectivity index (χ1n) is 7.27. The van der Waals surface area contributed by atoms with Crippen molar-refractivity contribution >= 4 is 18.1 Å². The van der Waals surface area contributed by atoms with Crippen molar-refractivity contribution in [1.82, 2.24) is 25.1 Å². The van der Waals surface area contributed by atoms with Crippen LogP contribution in [-0.4, -0.2) is 32.7 Å². The monoisotopic (exact) mass is 321 g/mol. The third-order valence-corrected chi connectivity index (χ3v) is 3.35. The van der Waals surface area contributed by atoms with Crippen molar-refractivity contribution in [2.75, 3.05) is 7.05 Å². The average Bonchev–Trinajstić information content (AvgIpc) is 3.09. The Morgan fingerprint density at radius 3 is 2.71 bits per heavy atom. The number of aromatic nitrogens is 4. The zero-order chi connectivity index (χ0) is 16.9. The van der Waals surface area contributed by atoms with Gasteiger partial charge in [0.05, 0.1) is 11.9 Å². The van der Waals surface area contributed by atoms with Gasteiger partial charge >= 0.3 is 0 Å². The van der Waals surface area contributed by atoms with Gasteiger partial charge in [-0.1, -0.05) is 18.2 Å². The third-order valence-electron chi connectivity index (χ3n) is 3.35. The molecule has 3 aromatic rings. The highest BCUT2D eigenvalue weighted by atomic mass is 16.2. The van der Waals surface area contributed by atoms with Crippen molar-refractivity contribution in [2.24, 2.45) is 0 Å². The molecule has 1 amide bonds. The Hall–Kier alpha value is -3.48. The standard InChI is InChI=1S/C17H15N5O2/c1-18-16(23)14-10-19-15(21-17(14)24)8-7-12-9-20-22(11-12)13-5-3-2-4-6-13/h2-11H,1H3,(H,18,23)(H,19,21,24)/b8-7-. The summed E-state index contributed by atoms with van der Waals surface area (Å²) in [6.45, 7) is 0. The van der Waals surface area contributed by atoms with Crippen molar-refractivity contribution in [3.05, 3.63) is 76.2 Å². The summed E-state index contributed by atoms with van der Waals surface area (Å²) in [6.07, 6.45) is 8.26.